The Morgan fingerprint density at radius 3 is 1.96 bits per heavy atom. The van der Waals surface area contributed by atoms with E-state index < -0.39 is 10.1 Å². The lowest BCUT2D eigenvalue weighted by atomic mass is 10.0. The topological polar surface area (TPSA) is 88.8 Å². The molecule has 264 valence electrons. The van der Waals surface area contributed by atoms with Crippen molar-refractivity contribution in [2.75, 3.05) is 19.8 Å². The van der Waals surface area contributed by atoms with Crippen LogP contribution in [0.15, 0.2) is 46.2 Å². The number of aromatic nitrogens is 1. The third kappa shape index (κ3) is 21.5. The molecule has 0 N–H and O–H groups in total. The summed E-state index contributed by atoms with van der Waals surface area (Å²) in [6, 6.07) is 5.78. The van der Waals surface area contributed by atoms with Crippen LogP contribution in [0.5, 0.6) is 0 Å². The number of hydrogen-bond acceptors (Lipinski definition) is 7. The highest BCUT2D eigenvalue weighted by atomic mass is 32.2. The van der Waals surface area contributed by atoms with Crippen molar-refractivity contribution < 1.29 is 31.7 Å². The van der Waals surface area contributed by atoms with Crippen molar-refractivity contribution in [3.63, 3.8) is 0 Å². The van der Waals surface area contributed by atoms with Gasteiger partial charge in [0.2, 0.25) is 5.51 Å². The van der Waals surface area contributed by atoms with Crippen molar-refractivity contribution in [1.29, 1.82) is 0 Å². The normalized spacial score (nSPS) is 16.4. The Kier molecular flexibility index (Phi) is 23.6. The van der Waals surface area contributed by atoms with E-state index in [2.05, 4.69) is 28.6 Å². The second kappa shape index (κ2) is 26.6. The van der Waals surface area contributed by atoms with Gasteiger partial charge in [0, 0.05) is 13.0 Å². The van der Waals surface area contributed by atoms with Crippen LogP contribution in [-0.2, 0) is 30.9 Å². The fourth-order valence-corrected chi connectivity index (χ4v) is 6.69. The maximum atomic E-state index is 10.4. The highest BCUT2D eigenvalue weighted by molar-refractivity contribution is 7.85. The van der Waals surface area contributed by atoms with Gasteiger partial charge in [0.1, 0.15) is 22.8 Å². The largest absolute Gasteiger partial charge is 0.744 e. The molecule has 1 aliphatic rings. The molecular formula is C37H63NO6S2. The molecule has 2 heterocycles. The Balaban J connectivity index is 0.000000562. The predicted molar refractivity (Wildman–Crippen MR) is 187 cm³/mol. The maximum Gasteiger partial charge on any atom is 0.224 e. The molecule has 1 saturated heterocycles. The molecule has 1 fully saturated rings. The van der Waals surface area contributed by atoms with Crippen LogP contribution in [0.1, 0.15) is 141 Å². The smallest absolute Gasteiger partial charge is 0.224 e. The summed E-state index contributed by atoms with van der Waals surface area (Å²) >= 11 is 1.77. The SMILES string of the molecule is CCCCCCCCCCCCCCC[C@@H]1OC[C@@H](COCCCCCCCC[n+]2ccsc2)O1.Cc1ccc(S(=O)(=O)[O-])cc1. The highest BCUT2D eigenvalue weighted by Crippen LogP contribution is 2.19. The summed E-state index contributed by atoms with van der Waals surface area (Å²) < 4.78 is 51.2. The van der Waals surface area contributed by atoms with E-state index >= 15 is 0 Å². The zero-order valence-electron chi connectivity index (χ0n) is 28.9. The van der Waals surface area contributed by atoms with Gasteiger partial charge < -0.3 is 18.8 Å². The predicted octanol–water partition coefficient (Wildman–Crippen LogP) is 9.51. The molecule has 2 aromatic rings. The number of aryl methyl sites for hydroxylation is 2. The van der Waals surface area contributed by atoms with Crippen LogP contribution in [-0.4, -0.2) is 45.2 Å². The molecule has 0 saturated carbocycles. The minimum absolute atomic E-state index is 0.00329. The lowest BCUT2D eigenvalue weighted by Crippen LogP contribution is -2.29. The van der Waals surface area contributed by atoms with E-state index in [9.17, 15) is 13.0 Å². The third-order valence-corrected chi connectivity index (χ3v) is 9.97. The van der Waals surface area contributed by atoms with Crippen LogP contribution in [0.25, 0.3) is 0 Å². The quantitative estimate of drug-likeness (QED) is 0.0558. The fourth-order valence-electron chi connectivity index (χ4n) is 5.59. The molecule has 9 heteroatoms. The van der Waals surface area contributed by atoms with Crippen molar-refractivity contribution in [2.45, 2.75) is 166 Å². The minimum Gasteiger partial charge on any atom is -0.744 e. The van der Waals surface area contributed by atoms with E-state index in [1.54, 1.807) is 23.5 Å². The fraction of sp³-hybridized carbons (Fsp3) is 0.757. The second-order valence-corrected chi connectivity index (χ2v) is 14.9. The average Bonchev–Trinajstić information content (AvgIpc) is 3.73. The zero-order chi connectivity index (χ0) is 33.1. The maximum absolute atomic E-state index is 10.4. The molecule has 2 atom stereocenters. The van der Waals surface area contributed by atoms with Crippen LogP contribution in [0, 0.1) is 6.92 Å². The van der Waals surface area contributed by atoms with Crippen molar-refractivity contribution >= 4 is 21.5 Å². The number of benzene rings is 1. The van der Waals surface area contributed by atoms with Crippen molar-refractivity contribution in [3.8, 4) is 0 Å². The van der Waals surface area contributed by atoms with Gasteiger partial charge in [-0.3, -0.25) is 0 Å². The highest BCUT2D eigenvalue weighted by Gasteiger charge is 2.25. The van der Waals surface area contributed by atoms with Gasteiger partial charge in [-0.15, -0.1) is 0 Å². The number of hydrogen-bond donors (Lipinski definition) is 0. The standard InChI is InChI=1S/C30H56NO3S.C7H8O3S/c1-2-3-4-5-6-7-8-9-10-11-12-15-18-21-30-33-27-29(34-30)26-32-24-20-17-14-13-16-19-22-31-23-25-35-28-31;1-6-2-4-7(5-3-6)11(8,9)10/h23,25,28-30H,2-22,24,26-27H2,1H3;2-5H,1H3,(H,8,9,10)/q+1;/p-1/t29-,30-;/m1./s1. The Morgan fingerprint density at radius 1 is 0.826 bits per heavy atom. The number of ether oxygens (including phenoxy) is 3. The lowest BCUT2D eigenvalue weighted by Gasteiger charge is -2.12. The summed E-state index contributed by atoms with van der Waals surface area (Å²) in [5, 5.41) is 2.14. The number of thiazole rings is 1. The second-order valence-electron chi connectivity index (χ2n) is 12.8. The first-order valence-electron chi connectivity index (χ1n) is 18.2. The molecule has 0 radical (unpaired) electrons. The molecule has 1 aromatic carbocycles. The molecule has 3 rings (SSSR count). The summed E-state index contributed by atoms with van der Waals surface area (Å²) in [6.45, 7) is 7.52. The lowest BCUT2D eigenvalue weighted by molar-refractivity contribution is -0.692. The van der Waals surface area contributed by atoms with E-state index in [4.69, 9.17) is 14.2 Å². The summed E-state index contributed by atoms with van der Waals surface area (Å²) in [4.78, 5) is -0.178. The van der Waals surface area contributed by atoms with Gasteiger partial charge in [-0.05, 0) is 44.7 Å². The monoisotopic (exact) mass is 681 g/mol. The first-order chi connectivity index (χ1) is 22.4. The molecule has 7 nitrogen and oxygen atoms in total. The molecule has 1 aliphatic heterocycles. The number of unbranched alkanes of at least 4 members (excludes halogenated alkanes) is 17. The molecule has 0 unspecified atom stereocenters. The molecule has 46 heavy (non-hydrogen) atoms. The van der Waals surface area contributed by atoms with Crippen LogP contribution >= 0.6 is 11.3 Å². The van der Waals surface area contributed by atoms with Gasteiger partial charge in [-0.1, -0.05) is 132 Å². The Labute approximate surface area is 285 Å². The van der Waals surface area contributed by atoms with Gasteiger partial charge in [-0.25, -0.2) is 8.42 Å². The van der Waals surface area contributed by atoms with Gasteiger partial charge in [0.15, 0.2) is 12.5 Å². The van der Waals surface area contributed by atoms with Crippen LogP contribution < -0.4 is 4.57 Å². The minimum atomic E-state index is -4.27. The summed E-state index contributed by atoms with van der Waals surface area (Å²) in [7, 11) is -4.27. The van der Waals surface area contributed by atoms with Crippen LogP contribution in [0.3, 0.4) is 0 Å². The van der Waals surface area contributed by atoms with Gasteiger partial charge in [-0.2, -0.15) is 4.57 Å². The van der Waals surface area contributed by atoms with Crippen molar-refractivity contribution in [2.24, 2.45) is 0 Å². The Morgan fingerprint density at radius 2 is 1.39 bits per heavy atom. The first-order valence-corrected chi connectivity index (χ1v) is 20.5. The summed E-state index contributed by atoms with van der Waals surface area (Å²) in [5.41, 5.74) is 3.12. The summed E-state index contributed by atoms with van der Waals surface area (Å²) in [5.74, 6) is 0. The van der Waals surface area contributed by atoms with Crippen LogP contribution in [0.2, 0.25) is 0 Å². The van der Waals surface area contributed by atoms with E-state index in [0.717, 1.165) is 31.6 Å². The molecule has 0 aliphatic carbocycles. The van der Waals surface area contributed by atoms with Crippen molar-refractivity contribution in [3.05, 3.63) is 46.9 Å². The average molecular weight is 682 g/mol. The van der Waals surface area contributed by atoms with E-state index in [1.807, 2.05) is 6.92 Å². The van der Waals surface area contributed by atoms with Crippen LogP contribution in [0.4, 0.5) is 0 Å². The first kappa shape index (κ1) is 40.8. The molecule has 0 bridgehead atoms. The van der Waals surface area contributed by atoms with Gasteiger partial charge >= 0.3 is 0 Å². The zero-order valence-corrected chi connectivity index (χ0v) is 30.5. The number of nitrogens with zero attached hydrogens (tertiary/aromatic N) is 1. The van der Waals surface area contributed by atoms with E-state index in [0.29, 0.717) is 13.2 Å². The molecule has 1 aromatic heterocycles. The molecule has 0 spiro atoms. The Hall–Kier alpha value is -1.36. The third-order valence-electron chi connectivity index (χ3n) is 8.45. The summed E-state index contributed by atoms with van der Waals surface area (Å²) in [6.07, 6.45) is 29.2. The van der Waals surface area contributed by atoms with Gasteiger partial charge in [0.25, 0.3) is 0 Å². The van der Waals surface area contributed by atoms with Gasteiger partial charge in [0.05, 0.1) is 23.5 Å². The van der Waals surface area contributed by atoms with E-state index in [1.165, 1.54) is 128 Å². The Bertz CT molecular complexity index is 1060. The molecule has 0 amide bonds. The van der Waals surface area contributed by atoms with E-state index in [-0.39, 0.29) is 17.3 Å². The molecular weight excluding hydrogens is 619 g/mol. The van der Waals surface area contributed by atoms with Crippen molar-refractivity contribution in [1.82, 2.24) is 0 Å². The number of rotatable bonds is 26.